The number of rotatable bonds is 8. The lowest BCUT2D eigenvalue weighted by molar-refractivity contribution is -0.155. The topological polar surface area (TPSA) is 143 Å². The van der Waals surface area contributed by atoms with Crippen LogP contribution in [0.2, 0.25) is 0 Å². The second kappa shape index (κ2) is 8.96. The van der Waals surface area contributed by atoms with Gasteiger partial charge in [-0.25, -0.2) is 9.13 Å². The Morgan fingerprint density at radius 1 is 1.14 bits per heavy atom. The summed E-state index contributed by atoms with van der Waals surface area (Å²) in [6.07, 6.45) is 3.32. The van der Waals surface area contributed by atoms with Gasteiger partial charge in [-0.15, -0.1) is 0 Å². The van der Waals surface area contributed by atoms with E-state index < -0.39 is 34.1 Å². The summed E-state index contributed by atoms with van der Waals surface area (Å²) in [5.74, 6) is -1.67. The van der Waals surface area contributed by atoms with Crippen molar-refractivity contribution in [3.8, 4) is 0 Å². The number of nitrogens with zero attached hydrogens (tertiary/aromatic N) is 1. The number of fused-ring (bicyclic) bond motifs is 2. The van der Waals surface area contributed by atoms with Crippen molar-refractivity contribution in [3.05, 3.63) is 35.9 Å². The fraction of sp³-hybridized carbons (Fsp3) is 0.588. The number of benzene rings is 1. The molecule has 3 unspecified atom stereocenters. The number of carbonyl (C=O) groups excluding carboxylic acids is 1. The zero-order valence-corrected chi connectivity index (χ0v) is 17.7. The summed E-state index contributed by atoms with van der Waals surface area (Å²) in [5.41, 5.74) is 0.490. The molecule has 162 valence electrons. The van der Waals surface area contributed by atoms with Crippen LogP contribution < -0.4 is 0 Å². The van der Waals surface area contributed by atoms with Gasteiger partial charge in [0.15, 0.2) is 0 Å². The molecule has 2 aliphatic rings. The van der Waals surface area contributed by atoms with Crippen LogP contribution >= 0.6 is 15.6 Å². The zero-order valence-electron chi connectivity index (χ0n) is 15.9. The minimum atomic E-state index is -5.24. The quantitative estimate of drug-likeness (QED) is 0.399. The second-order valence-electron chi connectivity index (χ2n) is 7.38. The molecule has 0 saturated carbocycles. The highest BCUT2D eigenvalue weighted by atomic mass is 31.3. The van der Waals surface area contributed by atoms with E-state index in [1.54, 1.807) is 30.3 Å². The Kier molecular flexibility index (Phi) is 6.98. The Morgan fingerprint density at radius 2 is 1.72 bits per heavy atom. The van der Waals surface area contributed by atoms with E-state index in [1.165, 1.54) is 0 Å². The van der Waals surface area contributed by atoms with Crippen LogP contribution in [0.25, 0.3) is 0 Å². The minimum absolute atomic E-state index is 0.255. The van der Waals surface area contributed by atoms with Crippen molar-refractivity contribution in [1.29, 1.82) is 0 Å². The van der Waals surface area contributed by atoms with E-state index in [-0.39, 0.29) is 6.10 Å². The van der Waals surface area contributed by atoms with Crippen LogP contribution in [0.5, 0.6) is 0 Å². The molecule has 1 aromatic carbocycles. The summed E-state index contributed by atoms with van der Waals surface area (Å²) in [4.78, 5) is 42.1. The highest BCUT2D eigenvalue weighted by Crippen LogP contribution is 2.57. The van der Waals surface area contributed by atoms with Crippen molar-refractivity contribution in [3.63, 3.8) is 0 Å². The van der Waals surface area contributed by atoms with Crippen LogP contribution in [-0.2, 0) is 27.5 Å². The van der Waals surface area contributed by atoms with Gasteiger partial charge in [0.2, 0.25) is 0 Å². The zero-order chi connectivity index (χ0) is 21.2. The summed E-state index contributed by atoms with van der Waals surface area (Å²) < 4.78 is 36.8. The molecule has 2 heterocycles. The number of piperidine rings is 1. The van der Waals surface area contributed by atoms with E-state index in [2.05, 4.69) is 16.3 Å². The molecule has 2 bridgehead atoms. The maximum atomic E-state index is 12.8. The first-order valence-corrected chi connectivity index (χ1v) is 12.3. The number of ether oxygens (including phenoxy) is 1. The van der Waals surface area contributed by atoms with E-state index in [0.717, 1.165) is 25.7 Å². The summed E-state index contributed by atoms with van der Waals surface area (Å²) in [7, 11) is -8.24. The molecule has 2 saturated heterocycles. The molecular weight excluding hydrogens is 424 g/mol. The summed E-state index contributed by atoms with van der Waals surface area (Å²) >= 11 is 0. The summed E-state index contributed by atoms with van der Waals surface area (Å²) in [6.45, 7) is -0.629. The smallest absolute Gasteiger partial charge is 0.462 e. The number of hydrogen-bond acceptors (Lipinski definition) is 7. The van der Waals surface area contributed by atoms with Crippen molar-refractivity contribution in [2.75, 3.05) is 13.7 Å². The molecule has 2 fully saturated rings. The number of carbonyl (C=O) groups is 1. The van der Waals surface area contributed by atoms with E-state index in [0.29, 0.717) is 17.6 Å². The molecule has 2 aliphatic heterocycles. The molecule has 0 amide bonds. The van der Waals surface area contributed by atoms with E-state index in [1.807, 2.05) is 0 Å². The molecule has 0 spiro atoms. The largest absolute Gasteiger partial charge is 0.481 e. The van der Waals surface area contributed by atoms with Crippen molar-refractivity contribution in [2.24, 2.45) is 0 Å². The van der Waals surface area contributed by atoms with Crippen molar-refractivity contribution < 1.29 is 42.2 Å². The Bertz CT molecular complexity index is 800. The lowest BCUT2D eigenvalue weighted by atomic mass is 9.98. The van der Waals surface area contributed by atoms with Gasteiger partial charge in [0.25, 0.3) is 0 Å². The third-order valence-electron chi connectivity index (χ3n) is 5.44. The first-order chi connectivity index (χ1) is 13.5. The molecule has 3 rings (SSSR count). The van der Waals surface area contributed by atoms with Gasteiger partial charge < -0.3 is 24.3 Å². The third kappa shape index (κ3) is 6.20. The van der Waals surface area contributed by atoms with Gasteiger partial charge >= 0.3 is 21.6 Å². The maximum Gasteiger partial charge on any atom is 0.481 e. The summed E-state index contributed by atoms with van der Waals surface area (Å²) in [5, 5.41) is 0. The van der Waals surface area contributed by atoms with E-state index >= 15 is 0 Å². The number of hydrogen-bond donors (Lipinski definition) is 3. The molecule has 0 aromatic heterocycles. The average molecular weight is 449 g/mol. The van der Waals surface area contributed by atoms with Crippen LogP contribution in [0, 0.1) is 0 Å². The fourth-order valence-electron chi connectivity index (χ4n) is 4.02. The second-order valence-corrected chi connectivity index (χ2v) is 10.2. The predicted octanol–water partition coefficient (Wildman–Crippen LogP) is 2.16. The Labute approximate surface area is 168 Å². The summed E-state index contributed by atoms with van der Waals surface area (Å²) in [6, 6.07) is 9.14. The van der Waals surface area contributed by atoms with E-state index in [4.69, 9.17) is 19.0 Å². The molecule has 29 heavy (non-hydrogen) atoms. The van der Waals surface area contributed by atoms with Gasteiger partial charge in [0, 0.05) is 12.1 Å². The standard InChI is InChI=1S/C17H25NO9P2/c1-18-13-7-8-14(18)10-15(9-13)26-17(19)16(12-5-3-2-4-6-12)11-25-29(23,24)27-28(20,21)22/h2-6,13-16H,7-11H2,1H3,(H,23,24)(H2,20,21,22)/t13-,14+,15?,16?. The molecule has 0 aliphatic carbocycles. The van der Waals surface area contributed by atoms with Crippen molar-refractivity contribution >= 4 is 21.6 Å². The number of esters is 1. The Morgan fingerprint density at radius 3 is 2.28 bits per heavy atom. The molecule has 12 heteroatoms. The first-order valence-electron chi connectivity index (χ1n) is 9.25. The van der Waals surface area contributed by atoms with Gasteiger partial charge in [0.1, 0.15) is 12.0 Å². The predicted molar refractivity (Wildman–Crippen MR) is 102 cm³/mol. The van der Waals surface area contributed by atoms with E-state index in [9.17, 15) is 18.8 Å². The van der Waals surface area contributed by atoms with Crippen molar-refractivity contribution in [1.82, 2.24) is 4.90 Å². The van der Waals surface area contributed by atoms with Crippen LogP contribution in [0.15, 0.2) is 30.3 Å². The lowest BCUT2D eigenvalue weighted by Crippen LogP contribution is -2.43. The molecule has 0 radical (unpaired) electrons. The molecule has 1 aromatic rings. The van der Waals surface area contributed by atoms with Crippen LogP contribution in [0.1, 0.15) is 37.2 Å². The number of phosphoric acid groups is 2. The SMILES string of the molecule is CN1[C@@H]2CC[C@H]1CC(OC(=O)C(COP(=O)(O)OP(=O)(O)O)c1ccccc1)C2. The van der Waals surface area contributed by atoms with Crippen LogP contribution in [-0.4, -0.2) is 57.4 Å². The van der Waals surface area contributed by atoms with Gasteiger partial charge in [0.05, 0.1) is 6.61 Å². The van der Waals surface area contributed by atoms with Gasteiger partial charge in [-0.05, 0) is 38.3 Å². The van der Waals surface area contributed by atoms with Gasteiger partial charge in [-0.2, -0.15) is 4.31 Å². The monoisotopic (exact) mass is 449 g/mol. The molecule has 10 nitrogen and oxygen atoms in total. The normalized spacial score (nSPS) is 27.9. The third-order valence-corrected chi connectivity index (χ3v) is 7.59. The average Bonchev–Trinajstić information content (AvgIpc) is 2.82. The highest BCUT2D eigenvalue weighted by Gasteiger charge is 2.41. The Balaban J connectivity index is 1.68. The van der Waals surface area contributed by atoms with Crippen LogP contribution in [0.3, 0.4) is 0 Å². The molecule has 3 N–H and O–H groups in total. The Hall–Kier alpha value is -1.09. The van der Waals surface area contributed by atoms with Crippen molar-refractivity contribution in [2.45, 2.75) is 49.8 Å². The molecular formula is C17H25NO9P2. The first kappa shape index (κ1) is 22.6. The van der Waals surface area contributed by atoms with Crippen LogP contribution in [0.4, 0.5) is 0 Å². The fourth-order valence-corrected chi connectivity index (χ4v) is 5.62. The lowest BCUT2D eigenvalue weighted by Gasteiger charge is -2.36. The highest BCUT2D eigenvalue weighted by molar-refractivity contribution is 7.60. The maximum absolute atomic E-state index is 12.8. The van der Waals surface area contributed by atoms with Gasteiger partial charge in [-0.1, -0.05) is 30.3 Å². The minimum Gasteiger partial charge on any atom is -0.462 e. The molecule has 5 atom stereocenters. The number of phosphoric ester groups is 1. The van der Waals surface area contributed by atoms with Gasteiger partial charge in [-0.3, -0.25) is 9.32 Å².